The number of furan rings is 2. The van der Waals surface area contributed by atoms with Crippen molar-refractivity contribution in [3.8, 4) is 45.3 Å². The van der Waals surface area contributed by atoms with Crippen molar-refractivity contribution < 1.29 is 8.83 Å². The van der Waals surface area contributed by atoms with Crippen molar-refractivity contribution in [2.75, 3.05) is 0 Å². The van der Waals surface area contributed by atoms with Crippen molar-refractivity contribution in [3.63, 3.8) is 0 Å². The highest BCUT2D eigenvalue weighted by molar-refractivity contribution is 6.13. The average molecular weight is 566 g/mol. The molecule has 0 N–H and O–H groups in total. The Bertz CT molecular complexity index is 2440. The molecule has 206 valence electrons. The molecule has 9 aromatic rings. The van der Waals surface area contributed by atoms with Gasteiger partial charge >= 0.3 is 0 Å². The maximum atomic E-state index is 6.36. The van der Waals surface area contributed by atoms with Crippen molar-refractivity contribution >= 4 is 43.9 Å². The van der Waals surface area contributed by atoms with Gasteiger partial charge in [-0.15, -0.1) is 0 Å². The first kappa shape index (κ1) is 24.5. The predicted octanol–water partition coefficient (Wildman–Crippen LogP) is 10.3. The molecule has 5 heteroatoms. The van der Waals surface area contributed by atoms with E-state index < -0.39 is 0 Å². The number of fused-ring (bicyclic) bond motifs is 6. The van der Waals surface area contributed by atoms with E-state index in [4.69, 9.17) is 23.8 Å². The lowest BCUT2D eigenvalue weighted by atomic mass is 9.99. The van der Waals surface area contributed by atoms with Crippen LogP contribution in [0.25, 0.3) is 89.2 Å². The minimum atomic E-state index is 0.600. The second-order valence-corrected chi connectivity index (χ2v) is 10.8. The Morgan fingerprint density at radius 3 is 1.57 bits per heavy atom. The summed E-state index contributed by atoms with van der Waals surface area (Å²) in [6, 6.07) is 47.0. The lowest BCUT2D eigenvalue weighted by Gasteiger charge is -2.09. The predicted molar refractivity (Wildman–Crippen MR) is 176 cm³/mol. The van der Waals surface area contributed by atoms with Crippen LogP contribution in [-0.2, 0) is 0 Å². The van der Waals surface area contributed by atoms with Crippen molar-refractivity contribution in [2.45, 2.75) is 0 Å². The molecule has 5 nitrogen and oxygen atoms in total. The Morgan fingerprint density at radius 2 is 0.864 bits per heavy atom. The molecule has 44 heavy (non-hydrogen) atoms. The molecule has 0 aliphatic rings. The summed E-state index contributed by atoms with van der Waals surface area (Å²) in [5.74, 6) is 1.85. The van der Waals surface area contributed by atoms with Crippen molar-refractivity contribution in [3.05, 3.63) is 140 Å². The maximum absolute atomic E-state index is 6.36. The molecule has 0 spiro atoms. The second-order valence-electron chi connectivity index (χ2n) is 10.8. The first-order chi connectivity index (χ1) is 21.8. The fraction of sp³-hybridized carbons (Fsp3) is 0. The standard InChI is InChI=1S/C39H23N3O2/c1-3-10-24(11-4-1)37-40-38(25-12-5-2-6-13-25)42-39(41-37)29-15-9-17-35-36(29)31-23-27(19-21-34(31)44-35)26-18-20-33-30(22-26)28-14-7-8-16-32(28)43-33/h1-23H. The van der Waals surface area contributed by atoms with Gasteiger partial charge in [0.15, 0.2) is 17.5 Å². The van der Waals surface area contributed by atoms with Gasteiger partial charge in [0.05, 0.1) is 0 Å². The van der Waals surface area contributed by atoms with Crippen molar-refractivity contribution in [1.82, 2.24) is 15.0 Å². The number of hydrogen-bond donors (Lipinski definition) is 0. The topological polar surface area (TPSA) is 65.0 Å². The smallest absolute Gasteiger partial charge is 0.164 e. The van der Waals surface area contributed by atoms with E-state index in [1.54, 1.807) is 0 Å². The molecule has 0 radical (unpaired) electrons. The van der Waals surface area contributed by atoms with Crippen LogP contribution in [0, 0.1) is 0 Å². The molecule has 9 rings (SSSR count). The van der Waals surface area contributed by atoms with Crippen LogP contribution < -0.4 is 0 Å². The zero-order valence-corrected chi connectivity index (χ0v) is 23.4. The zero-order valence-electron chi connectivity index (χ0n) is 23.4. The van der Waals surface area contributed by atoms with E-state index in [1.165, 1.54) is 0 Å². The summed E-state index contributed by atoms with van der Waals surface area (Å²) in [6.07, 6.45) is 0. The van der Waals surface area contributed by atoms with Crippen LogP contribution in [0.5, 0.6) is 0 Å². The molecule has 0 saturated heterocycles. The number of hydrogen-bond acceptors (Lipinski definition) is 5. The molecule has 0 fully saturated rings. The van der Waals surface area contributed by atoms with E-state index in [0.717, 1.165) is 71.7 Å². The van der Waals surface area contributed by atoms with Crippen molar-refractivity contribution in [1.29, 1.82) is 0 Å². The summed E-state index contributed by atoms with van der Waals surface area (Å²) in [5.41, 5.74) is 8.33. The number of nitrogens with zero attached hydrogens (tertiary/aromatic N) is 3. The zero-order chi connectivity index (χ0) is 29.0. The summed E-state index contributed by atoms with van der Waals surface area (Å²) in [4.78, 5) is 14.9. The molecule has 0 atom stereocenters. The van der Waals surface area contributed by atoms with Gasteiger partial charge in [-0.05, 0) is 47.5 Å². The monoisotopic (exact) mass is 565 g/mol. The van der Waals surface area contributed by atoms with Gasteiger partial charge in [0.1, 0.15) is 22.3 Å². The van der Waals surface area contributed by atoms with Crippen molar-refractivity contribution in [2.24, 2.45) is 0 Å². The highest BCUT2D eigenvalue weighted by Crippen LogP contribution is 2.39. The maximum Gasteiger partial charge on any atom is 0.164 e. The molecule has 6 aromatic carbocycles. The molecular weight excluding hydrogens is 542 g/mol. The van der Waals surface area contributed by atoms with Gasteiger partial charge in [-0.3, -0.25) is 0 Å². The van der Waals surface area contributed by atoms with Crippen LogP contribution >= 0.6 is 0 Å². The fourth-order valence-electron chi connectivity index (χ4n) is 6.03. The van der Waals surface area contributed by atoms with E-state index >= 15 is 0 Å². The lowest BCUT2D eigenvalue weighted by molar-refractivity contribution is 0.668. The number of aromatic nitrogens is 3. The second kappa shape index (κ2) is 9.75. The van der Waals surface area contributed by atoms with Gasteiger partial charge in [0, 0.05) is 38.2 Å². The Morgan fingerprint density at radius 1 is 0.341 bits per heavy atom. The van der Waals surface area contributed by atoms with Gasteiger partial charge in [-0.2, -0.15) is 0 Å². The third-order valence-corrected chi connectivity index (χ3v) is 8.15. The van der Waals surface area contributed by atoms with Crippen LogP contribution in [0.15, 0.2) is 148 Å². The van der Waals surface area contributed by atoms with Gasteiger partial charge in [-0.25, -0.2) is 15.0 Å². The number of benzene rings is 6. The highest BCUT2D eigenvalue weighted by atomic mass is 16.3. The van der Waals surface area contributed by atoms with Crippen LogP contribution in [-0.4, -0.2) is 15.0 Å². The van der Waals surface area contributed by atoms with E-state index in [-0.39, 0.29) is 0 Å². The average Bonchev–Trinajstić information content (AvgIpc) is 3.66. The van der Waals surface area contributed by atoms with Gasteiger partial charge in [-0.1, -0.05) is 103 Å². The van der Waals surface area contributed by atoms with Crippen LogP contribution in [0.4, 0.5) is 0 Å². The third kappa shape index (κ3) is 3.98. The Balaban J connectivity index is 1.25. The van der Waals surface area contributed by atoms with E-state index in [0.29, 0.717) is 17.5 Å². The van der Waals surface area contributed by atoms with E-state index in [9.17, 15) is 0 Å². The Kier molecular flexibility index (Phi) is 5.43. The summed E-state index contributed by atoms with van der Waals surface area (Å²) in [5, 5.41) is 4.19. The number of rotatable bonds is 4. The molecule has 0 aliphatic heterocycles. The van der Waals surface area contributed by atoms with Gasteiger partial charge < -0.3 is 8.83 Å². The normalized spacial score (nSPS) is 11.6. The lowest BCUT2D eigenvalue weighted by Crippen LogP contribution is -2.00. The van der Waals surface area contributed by atoms with Crippen LogP contribution in [0.3, 0.4) is 0 Å². The molecule has 0 aliphatic carbocycles. The van der Waals surface area contributed by atoms with Crippen LogP contribution in [0.2, 0.25) is 0 Å². The SMILES string of the molecule is c1ccc(-c2nc(-c3ccccc3)nc(-c3cccc4oc5ccc(-c6ccc7oc8ccccc8c7c6)cc5c34)n2)cc1. The quantitative estimate of drug-likeness (QED) is 0.212. The minimum Gasteiger partial charge on any atom is -0.456 e. The largest absolute Gasteiger partial charge is 0.456 e. The van der Waals surface area contributed by atoms with E-state index in [2.05, 4.69) is 42.5 Å². The summed E-state index contributed by atoms with van der Waals surface area (Å²) < 4.78 is 12.4. The Labute approximate surface area is 252 Å². The third-order valence-electron chi connectivity index (χ3n) is 8.15. The summed E-state index contributed by atoms with van der Waals surface area (Å²) in [7, 11) is 0. The molecule has 3 aromatic heterocycles. The highest BCUT2D eigenvalue weighted by Gasteiger charge is 2.18. The first-order valence-corrected chi connectivity index (χ1v) is 14.5. The molecule has 0 amide bonds. The first-order valence-electron chi connectivity index (χ1n) is 14.5. The van der Waals surface area contributed by atoms with Gasteiger partial charge in [0.25, 0.3) is 0 Å². The van der Waals surface area contributed by atoms with Crippen LogP contribution in [0.1, 0.15) is 0 Å². The molecule has 3 heterocycles. The molecule has 0 saturated carbocycles. The fourth-order valence-corrected chi connectivity index (χ4v) is 6.03. The Hall–Kier alpha value is -6.07. The summed E-state index contributed by atoms with van der Waals surface area (Å²) in [6.45, 7) is 0. The molecular formula is C39H23N3O2. The van der Waals surface area contributed by atoms with E-state index in [1.807, 2.05) is 97.1 Å². The summed E-state index contributed by atoms with van der Waals surface area (Å²) >= 11 is 0. The number of para-hydroxylation sites is 1. The van der Waals surface area contributed by atoms with Gasteiger partial charge in [0.2, 0.25) is 0 Å². The molecule has 0 bridgehead atoms. The molecule has 0 unspecified atom stereocenters. The minimum absolute atomic E-state index is 0.600.